The summed E-state index contributed by atoms with van der Waals surface area (Å²) >= 11 is 11.9. The first-order valence-electron chi connectivity index (χ1n) is 10.4. The van der Waals surface area contributed by atoms with Crippen LogP contribution in [0.25, 0.3) is 0 Å². The van der Waals surface area contributed by atoms with Crippen LogP contribution in [-0.4, -0.2) is 55.1 Å². The lowest BCUT2D eigenvalue weighted by Crippen LogP contribution is -2.50. The summed E-state index contributed by atoms with van der Waals surface area (Å²) in [5.74, 6) is 0.222. The highest BCUT2D eigenvalue weighted by molar-refractivity contribution is 7.80. The maximum atomic E-state index is 12.6. The zero-order valence-corrected chi connectivity index (χ0v) is 19.9. The minimum atomic E-state index is -0.371. The molecule has 170 valence electrons. The van der Waals surface area contributed by atoms with Crippen molar-refractivity contribution in [2.24, 2.45) is 5.92 Å². The molecule has 1 fully saturated rings. The van der Waals surface area contributed by atoms with Crippen LogP contribution in [0, 0.1) is 5.92 Å². The van der Waals surface area contributed by atoms with Gasteiger partial charge in [-0.15, -0.1) is 0 Å². The van der Waals surface area contributed by atoms with Gasteiger partial charge in [-0.2, -0.15) is 0 Å². The van der Waals surface area contributed by atoms with Gasteiger partial charge in [0.15, 0.2) is 5.11 Å². The SMILES string of the molecule is COc1ccccc1C(=O)NC(=S)Nc1cccc(Cl)c1N1CCN(C(=O)C(C)C)CC1. The number of amides is 2. The highest BCUT2D eigenvalue weighted by atomic mass is 35.5. The fraction of sp³-hybridized carbons (Fsp3) is 0.348. The number of hydrogen-bond donors (Lipinski definition) is 2. The molecule has 0 spiro atoms. The van der Waals surface area contributed by atoms with Gasteiger partial charge in [0.1, 0.15) is 5.75 Å². The van der Waals surface area contributed by atoms with Gasteiger partial charge in [0, 0.05) is 32.1 Å². The van der Waals surface area contributed by atoms with E-state index in [0.717, 1.165) is 5.69 Å². The number of para-hydroxylation sites is 2. The van der Waals surface area contributed by atoms with Gasteiger partial charge in [-0.3, -0.25) is 14.9 Å². The topological polar surface area (TPSA) is 73.9 Å². The van der Waals surface area contributed by atoms with E-state index in [9.17, 15) is 9.59 Å². The molecule has 1 saturated heterocycles. The van der Waals surface area contributed by atoms with Gasteiger partial charge in [-0.1, -0.05) is 43.6 Å². The van der Waals surface area contributed by atoms with Crippen LogP contribution >= 0.6 is 23.8 Å². The number of nitrogens with zero attached hydrogens (tertiary/aromatic N) is 2. The molecule has 0 bridgehead atoms. The molecular formula is C23H27ClN4O3S. The molecule has 1 aliphatic rings. The van der Waals surface area contributed by atoms with Crippen molar-refractivity contribution in [3.8, 4) is 5.75 Å². The molecule has 0 radical (unpaired) electrons. The summed E-state index contributed by atoms with van der Waals surface area (Å²) in [5.41, 5.74) is 1.86. The number of rotatable bonds is 5. The van der Waals surface area contributed by atoms with Gasteiger partial charge in [-0.05, 0) is 36.5 Å². The lowest BCUT2D eigenvalue weighted by atomic mass is 10.1. The number of nitrogens with one attached hydrogen (secondary N) is 2. The summed E-state index contributed by atoms with van der Waals surface area (Å²) in [4.78, 5) is 28.9. The zero-order chi connectivity index (χ0) is 23.3. The van der Waals surface area contributed by atoms with Gasteiger partial charge < -0.3 is 19.9 Å². The lowest BCUT2D eigenvalue weighted by Gasteiger charge is -2.38. The van der Waals surface area contributed by atoms with Crippen molar-refractivity contribution < 1.29 is 14.3 Å². The van der Waals surface area contributed by atoms with Gasteiger partial charge in [-0.25, -0.2) is 0 Å². The number of anilines is 2. The number of carbonyl (C=O) groups is 2. The standard InChI is InChI=1S/C23H27ClN4O3S/c1-15(2)22(30)28-13-11-27(12-14-28)20-17(24)8-6-9-18(20)25-23(32)26-21(29)16-7-4-5-10-19(16)31-3/h4-10,15H,11-14H2,1-3H3,(H2,25,26,29,32). The second-order valence-electron chi connectivity index (χ2n) is 7.71. The Labute approximate surface area is 198 Å². The lowest BCUT2D eigenvalue weighted by molar-refractivity contribution is -0.134. The van der Waals surface area contributed by atoms with Gasteiger partial charge in [0.05, 0.1) is 29.1 Å². The van der Waals surface area contributed by atoms with E-state index >= 15 is 0 Å². The predicted molar refractivity (Wildman–Crippen MR) is 132 cm³/mol. The quantitative estimate of drug-likeness (QED) is 0.642. The van der Waals surface area contributed by atoms with Crippen molar-refractivity contribution in [1.82, 2.24) is 10.2 Å². The summed E-state index contributed by atoms with van der Waals surface area (Å²) in [6, 6.07) is 12.4. The second-order valence-corrected chi connectivity index (χ2v) is 8.53. The van der Waals surface area contributed by atoms with Crippen LogP contribution in [-0.2, 0) is 4.79 Å². The molecule has 2 aromatic carbocycles. The van der Waals surface area contributed by atoms with Gasteiger partial charge in [0.25, 0.3) is 5.91 Å². The predicted octanol–water partition coefficient (Wildman–Crippen LogP) is 3.78. The van der Waals surface area contributed by atoms with E-state index in [-0.39, 0.29) is 22.8 Å². The summed E-state index contributed by atoms with van der Waals surface area (Å²) < 4.78 is 5.24. The Kier molecular flexibility index (Phi) is 7.93. The van der Waals surface area contributed by atoms with E-state index < -0.39 is 0 Å². The smallest absolute Gasteiger partial charge is 0.261 e. The molecule has 9 heteroatoms. The minimum absolute atomic E-state index is 0.0247. The Morgan fingerprint density at radius 2 is 1.75 bits per heavy atom. The number of hydrogen-bond acceptors (Lipinski definition) is 5. The first kappa shape index (κ1) is 23.8. The van der Waals surface area contributed by atoms with Crippen molar-refractivity contribution in [3.63, 3.8) is 0 Å². The molecule has 2 aromatic rings. The number of carbonyl (C=O) groups excluding carboxylic acids is 2. The summed E-state index contributed by atoms with van der Waals surface area (Å²) in [6.07, 6.45) is 0. The fourth-order valence-corrected chi connectivity index (χ4v) is 4.11. The summed E-state index contributed by atoms with van der Waals surface area (Å²) in [6.45, 7) is 6.36. The maximum absolute atomic E-state index is 12.6. The number of thiocarbonyl (C=S) groups is 1. The molecule has 0 aliphatic carbocycles. The third-order valence-corrected chi connectivity index (χ3v) is 5.72. The molecule has 32 heavy (non-hydrogen) atoms. The molecular weight excluding hydrogens is 448 g/mol. The van der Waals surface area contributed by atoms with E-state index in [2.05, 4.69) is 15.5 Å². The van der Waals surface area contributed by atoms with Crippen LogP contribution < -0.4 is 20.3 Å². The molecule has 2 amide bonds. The normalized spacial score (nSPS) is 13.7. The fourth-order valence-electron chi connectivity index (χ4n) is 3.61. The largest absolute Gasteiger partial charge is 0.496 e. The van der Waals surface area contributed by atoms with Crippen molar-refractivity contribution in [2.45, 2.75) is 13.8 Å². The van der Waals surface area contributed by atoms with Gasteiger partial charge in [0.2, 0.25) is 5.91 Å². The van der Waals surface area contributed by atoms with E-state index in [1.54, 1.807) is 24.3 Å². The molecule has 1 aliphatic heterocycles. The van der Waals surface area contributed by atoms with Crippen LogP contribution in [0.15, 0.2) is 42.5 Å². The molecule has 0 unspecified atom stereocenters. The Hall–Kier alpha value is -2.84. The number of halogens is 1. The summed E-state index contributed by atoms with van der Waals surface area (Å²) in [5, 5.41) is 6.50. The molecule has 1 heterocycles. The molecule has 3 rings (SSSR count). The average Bonchev–Trinajstić information content (AvgIpc) is 2.78. The number of ether oxygens (including phenoxy) is 1. The van der Waals surface area contributed by atoms with Crippen molar-refractivity contribution in [2.75, 3.05) is 43.5 Å². The Morgan fingerprint density at radius 1 is 1.06 bits per heavy atom. The van der Waals surface area contributed by atoms with Crippen molar-refractivity contribution >= 4 is 52.1 Å². The van der Waals surface area contributed by atoms with Crippen LogP contribution in [0.3, 0.4) is 0 Å². The second kappa shape index (κ2) is 10.7. The van der Waals surface area contributed by atoms with Crippen molar-refractivity contribution in [1.29, 1.82) is 0 Å². The van der Waals surface area contributed by atoms with E-state index in [4.69, 9.17) is 28.6 Å². The Morgan fingerprint density at radius 3 is 2.41 bits per heavy atom. The Bertz CT molecular complexity index is 1010. The third-order valence-electron chi connectivity index (χ3n) is 5.22. The number of piperazine rings is 1. The number of methoxy groups -OCH3 is 1. The number of benzene rings is 2. The average molecular weight is 475 g/mol. The van der Waals surface area contributed by atoms with Crippen LogP contribution in [0.1, 0.15) is 24.2 Å². The monoisotopic (exact) mass is 474 g/mol. The third kappa shape index (κ3) is 5.49. The van der Waals surface area contributed by atoms with E-state index in [1.807, 2.05) is 36.9 Å². The molecule has 0 atom stereocenters. The highest BCUT2D eigenvalue weighted by Crippen LogP contribution is 2.34. The first-order chi connectivity index (χ1) is 15.3. The minimum Gasteiger partial charge on any atom is -0.496 e. The maximum Gasteiger partial charge on any atom is 0.261 e. The summed E-state index contributed by atoms with van der Waals surface area (Å²) in [7, 11) is 1.51. The van der Waals surface area contributed by atoms with Crippen LogP contribution in [0.4, 0.5) is 11.4 Å². The molecule has 0 saturated carbocycles. The van der Waals surface area contributed by atoms with Gasteiger partial charge >= 0.3 is 0 Å². The highest BCUT2D eigenvalue weighted by Gasteiger charge is 2.25. The Balaban J connectivity index is 1.70. The first-order valence-corrected chi connectivity index (χ1v) is 11.2. The van der Waals surface area contributed by atoms with E-state index in [1.165, 1.54) is 7.11 Å². The zero-order valence-electron chi connectivity index (χ0n) is 18.4. The molecule has 7 nitrogen and oxygen atoms in total. The molecule has 2 N–H and O–H groups in total. The van der Waals surface area contributed by atoms with E-state index in [0.29, 0.717) is 48.2 Å². The van der Waals surface area contributed by atoms with Crippen LogP contribution in [0.2, 0.25) is 5.02 Å². The molecule has 0 aromatic heterocycles. The van der Waals surface area contributed by atoms with Crippen molar-refractivity contribution in [3.05, 3.63) is 53.1 Å². The van der Waals surface area contributed by atoms with Crippen LogP contribution in [0.5, 0.6) is 5.75 Å².